The molecule has 18 heavy (non-hydrogen) atoms. The lowest BCUT2D eigenvalue weighted by Gasteiger charge is -2.19. The van der Waals surface area contributed by atoms with E-state index in [1.807, 2.05) is 13.8 Å². The fourth-order valence-electron chi connectivity index (χ4n) is 1.58. The van der Waals surface area contributed by atoms with Crippen LogP contribution < -0.4 is 10.0 Å². The van der Waals surface area contributed by atoms with Gasteiger partial charge in [-0.05, 0) is 37.1 Å². The molecule has 1 aromatic carbocycles. The Morgan fingerprint density at radius 2 is 1.72 bits per heavy atom. The zero-order valence-corrected chi connectivity index (χ0v) is 12.2. The summed E-state index contributed by atoms with van der Waals surface area (Å²) in [5.74, 6) is 0.316. The molecular formula is C13H22N2O2S. The second kappa shape index (κ2) is 6.20. The van der Waals surface area contributed by atoms with Crippen molar-refractivity contribution in [3.8, 4) is 0 Å². The van der Waals surface area contributed by atoms with Gasteiger partial charge in [-0.2, -0.15) is 0 Å². The van der Waals surface area contributed by atoms with Crippen molar-refractivity contribution in [1.82, 2.24) is 4.72 Å². The van der Waals surface area contributed by atoms with E-state index in [9.17, 15) is 8.42 Å². The van der Waals surface area contributed by atoms with Gasteiger partial charge in [0.05, 0.1) is 4.90 Å². The van der Waals surface area contributed by atoms with Gasteiger partial charge in [-0.3, -0.25) is 0 Å². The quantitative estimate of drug-likeness (QED) is 0.834. The van der Waals surface area contributed by atoms with E-state index in [0.29, 0.717) is 10.8 Å². The zero-order valence-electron chi connectivity index (χ0n) is 11.4. The Labute approximate surface area is 110 Å². The predicted octanol–water partition coefficient (Wildman–Crippen LogP) is 2.44. The molecule has 0 heterocycles. The molecule has 0 saturated heterocycles. The summed E-state index contributed by atoms with van der Waals surface area (Å²) in [6, 6.07) is 6.66. The standard InChI is InChI=1S/C13H22N2O2S/c1-5-10(2)11(3)15-18(16,17)13-8-6-12(14-4)7-9-13/h6-11,14-15H,5H2,1-4H3. The number of nitrogens with one attached hydrogen (secondary N) is 2. The Morgan fingerprint density at radius 3 is 2.17 bits per heavy atom. The lowest BCUT2D eigenvalue weighted by molar-refractivity contribution is 0.434. The lowest BCUT2D eigenvalue weighted by Crippen LogP contribution is -2.36. The van der Waals surface area contributed by atoms with E-state index >= 15 is 0 Å². The molecule has 1 aromatic rings. The highest BCUT2D eigenvalue weighted by Gasteiger charge is 2.20. The third-order valence-corrected chi connectivity index (χ3v) is 4.87. The van der Waals surface area contributed by atoms with Crippen LogP contribution in [-0.4, -0.2) is 21.5 Å². The highest BCUT2D eigenvalue weighted by atomic mass is 32.2. The minimum Gasteiger partial charge on any atom is -0.388 e. The molecule has 0 aliphatic rings. The summed E-state index contributed by atoms with van der Waals surface area (Å²) in [5, 5.41) is 2.96. The van der Waals surface area contributed by atoms with Gasteiger partial charge in [-0.1, -0.05) is 20.3 Å². The van der Waals surface area contributed by atoms with E-state index in [4.69, 9.17) is 0 Å². The first-order valence-electron chi connectivity index (χ1n) is 6.21. The molecule has 0 aromatic heterocycles. The van der Waals surface area contributed by atoms with Crippen molar-refractivity contribution in [3.63, 3.8) is 0 Å². The van der Waals surface area contributed by atoms with Crippen LogP contribution in [0.3, 0.4) is 0 Å². The molecule has 0 amide bonds. The summed E-state index contributed by atoms with van der Waals surface area (Å²) in [5.41, 5.74) is 0.893. The maximum Gasteiger partial charge on any atom is 0.240 e. The van der Waals surface area contributed by atoms with Crippen LogP contribution in [0.2, 0.25) is 0 Å². The number of benzene rings is 1. The van der Waals surface area contributed by atoms with Gasteiger partial charge >= 0.3 is 0 Å². The van der Waals surface area contributed by atoms with Crippen LogP contribution in [0.15, 0.2) is 29.2 Å². The molecule has 1 rings (SSSR count). The average molecular weight is 270 g/mol. The van der Waals surface area contributed by atoms with Crippen LogP contribution in [0.25, 0.3) is 0 Å². The smallest absolute Gasteiger partial charge is 0.240 e. The van der Waals surface area contributed by atoms with Gasteiger partial charge < -0.3 is 5.32 Å². The zero-order chi connectivity index (χ0) is 13.8. The van der Waals surface area contributed by atoms with Crippen LogP contribution in [-0.2, 0) is 10.0 Å². The number of sulfonamides is 1. The van der Waals surface area contributed by atoms with Crippen molar-refractivity contribution >= 4 is 15.7 Å². The van der Waals surface area contributed by atoms with Crippen molar-refractivity contribution in [3.05, 3.63) is 24.3 Å². The van der Waals surface area contributed by atoms with Crippen molar-refractivity contribution in [1.29, 1.82) is 0 Å². The lowest BCUT2D eigenvalue weighted by atomic mass is 10.0. The highest BCUT2D eigenvalue weighted by Crippen LogP contribution is 2.15. The van der Waals surface area contributed by atoms with Gasteiger partial charge in [0.25, 0.3) is 0 Å². The molecule has 0 aliphatic carbocycles. The van der Waals surface area contributed by atoms with Gasteiger partial charge in [0.15, 0.2) is 0 Å². The monoisotopic (exact) mass is 270 g/mol. The molecule has 0 spiro atoms. The average Bonchev–Trinajstić information content (AvgIpc) is 2.37. The molecule has 102 valence electrons. The van der Waals surface area contributed by atoms with Crippen LogP contribution >= 0.6 is 0 Å². The molecule has 2 atom stereocenters. The molecule has 2 N–H and O–H groups in total. The third kappa shape index (κ3) is 3.71. The van der Waals surface area contributed by atoms with Crippen LogP contribution in [0, 0.1) is 5.92 Å². The Hall–Kier alpha value is -1.07. The van der Waals surface area contributed by atoms with Crippen molar-refractivity contribution < 1.29 is 8.42 Å². The Bertz CT molecular complexity index is 468. The van der Waals surface area contributed by atoms with Gasteiger partial charge in [0.1, 0.15) is 0 Å². The Balaban J connectivity index is 2.85. The molecule has 4 nitrogen and oxygen atoms in total. The number of anilines is 1. The first-order valence-corrected chi connectivity index (χ1v) is 7.69. The van der Waals surface area contributed by atoms with E-state index in [1.165, 1.54) is 0 Å². The van der Waals surface area contributed by atoms with E-state index in [-0.39, 0.29) is 6.04 Å². The second-order valence-electron chi connectivity index (χ2n) is 4.57. The molecule has 0 bridgehead atoms. The first-order chi connectivity index (χ1) is 8.40. The number of rotatable bonds is 6. The topological polar surface area (TPSA) is 58.2 Å². The summed E-state index contributed by atoms with van der Waals surface area (Å²) in [6.07, 6.45) is 0.947. The molecule has 2 unspecified atom stereocenters. The van der Waals surface area contributed by atoms with E-state index in [2.05, 4.69) is 17.0 Å². The molecule has 0 aliphatic heterocycles. The van der Waals surface area contributed by atoms with Crippen LogP contribution in [0.1, 0.15) is 27.2 Å². The third-order valence-electron chi connectivity index (χ3n) is 3.29. The van der Waals surface area contributed by atoms with Crippen molar-refractivity contribution in [2.24, 2.45) is 5.92 Å². The van der Waals surface area contributed by atoms with Crippen molar-refractivity contribution in [2.75, 3.05) is 12.4 Å². The fraction of sp³-hybridized carbons (Fsp3) is 0.538. The minimum absolute atomic E-state index is 0.0658. The van der Waals surface area contributed by atoms with E-state index in [0.717, 1.165) is 12.1 Å². The summed E-state index contributed by atoms with van der Waals surface area (Å²) in [7, 11) is -1.62. The van der Waals surface area contributed by atoms with Crippen molar-refractivity contribution in [2.45, 2.75) is 38.1 Å². The summed E-state index contributed by atoms with van der Waals surface area (Å²) < 4.78 is 27.0. The van der Waals surface area contributed by atoms with Gasteiger partial charge in [0, 0.05) is 18.8 Å². The number of hydrogen-bond donors (Lipinski definition) is 2. The normalized spacial score (nSPS) is 15.1. The summed E-state index contributed by atoms with van der Waals surface area (Å²) in [6.45, 7) is 5.99. The maximum absolute atomic E-state index is 12.1. The molecule has 0 saturated carbocycles. The maximum atomic E-state index is 12.1. The van der Waals surface area contributed by atoms with Gasteiger partial charge in [-0.25, -0.2) is 13.1 Å². The van der Waals surface area contributed by atoms with Gasteiger partial charge in [0.2, 0.25) is 10.0 Å². The molecule has 5 heteroatoms. The predicted molar refractivity (Wildman–Crippen MR) is 75.2 cm³/mol. The SMILES string of the molecule is CCC(C)C(C)NS(=O)(=O)c1ccc(NC)cc1. The molecule has 0 fully saturated rings. The minimum atomic E-state index is -3.42. The summed E-state index contributed by atoms with van der Waals surface area (Å²) >= 11 is 0. The van der Waals surface area contributed by atoms with Crippen LogP contribution in [0.4, 0.5) is 5.69 Å². The summed E-state index contributed by atoms with van der Waals surface area (Å²) in [4.78, 5) is 0.302. The largest absolute Gasteiger partial charge is 0.388 e. The van der Waals surface area contributed by atoms with E-state index in [1.54, 1.807) is 31.3 Å². The first kappa shape index (κ1) is 15.0. The highest BCUT2D eigenvalue weighted by molar-refractivity contribution is 7.89. The molecular weight excluding hydrogens is 248 g/mol. The second-order valence-corrected chi connectivity index (χ2v) is 6.28. The number of hydrogen-bond acceptors (Lipinski definition) is 3. The molecule has 0 radical (unpaired) electrons. The Kier molecular flexibility index (Phi) is 5.16. The Morgan fingerprint density at radius 1 is 1.17 bits per heavy atom. The van der Waals surface area contributed by atoms with Gasteiger partial charge in [-0.15, -0.1) is 0 Å². The fourth-order valence-corrected chi connectivity index (χ4v) is 2.94. The van der Waals surface area contributed by atoms with E-state index < -0.39 is 10.0 Å². The van der Waals surface area contributed by atoms with Crippen LogP contribution in [0.5, 0.6) is 0 Å².